The van der Waals surface area contributed by atoms with Crippen LogP contribution >= 0.6 is 0 Å². The van der Waals surface area contributed by atoms with Gasteiger partial charge in [0, 0.05) is 6.92 Å². The number of hydrogen-bond acceptors (Lipinski definition) is 5. The van der Waals surface area contributed by atoms with Gasteiger partial charge in [0.15, 0.2) is 9.84 Å². The fourth-order valence-electron chi connectivity index (χ4n) is 2.61. The molecule has 6 heteroatoms. The van der Waals surface area contributed by atoms with Crippen molar-refractivity contribution in [1.29, 1.82) is 0 Å². The van der Waals surface area contributed by atoms with Crippen molar-refractivity contribution < 1.29 is 12.8 Å². The second kappa shape index (κ2) is 6.31. The van der Waals surface area contributed by atoms with E-state index in [1.165, 1.54) is 5.56 Å². The van der Waals surface area contributed by atoms with Crippen LogP contribution in [-0.2, 0) is 21.0 Å². The molecule has 0 amide bonds. The van der Waals surface area contributed by atoms with Crippen LogP contribution in [0.4, 0.5) is 0 Å². The van der Waals surface area contributed by atoms with Gasteiger partial charge in [0.1, 0.15) is 5.25 Å². The molecule has 0 unspecified atom stereocenters. The van der Waals surface area contributed by atoms with E-state index < -0.39 is 15.1 Å². The van der Waals surface area contributed by atoms with Gasteiger partial charge in [0.25, 0.3) is 0 Å². The lowest BCUT2D eigenvalue weighted by molar-refractivity contribution is 0.461. The maximum absolute atomic E-state index is 12.8. The van der Waals surface area contributed by atoms with Crippen molar-refractivity contribution in [2.24, 2.45) is 0 Å². The SMILES string of the molecule is Cc1nnc([C@@H](C)S(=O)(=O)Cc2c(C)cc(C(C)(C)C)cc2C)o1. The van der Waals surface area contributed by atoms with E-state index in [0.29, 0.717) is 5.89 Å². The quantitative estimate of drug-likeness (QED) is 0.834. The lowest BCUT2D eigenvalue weighted by Gasteiger charge is -2.22. The standard InChI is InChI=1S/C18H26N2O3S/c1-11-8-15(18(5,6)7)9-12(2)16(11)10-24(21,22)13(3)17-20-19-14(4)23-17/h8-9,13H,10H2,1-7H3/t13-/m1/s1. The maximum Gasteiger partial charge on any atom is 0.234 e. The van der Waals surface area contributed by atoms with Crippen LogP contribution in [0.15, 0.2) is 16.5 Å². The van der Waals surface area contributed by atoms with Gasteiger partial charge >= 0.3 is 0 Å². The minimum Gasteiger partial charge on any atom is -0.424 e. The number of nitrogens with zero attached hydrogens (tertiary/aromatic N) is 2. The molecule has 2 aromatic rings. The van der Waals surface area contributed by atoms with Crippen LogP contribution < -0.4 is 0 Å². The molecule has 1 heterocycles. The molecule has 132 valence electrons. The lowest BCUT2D eigenvalue weighted by Crippen LogP contribution is -2.16. The Balaban J connectivity index is 2.36. The molecule has 0 saturated carbocycles. The molecule has 2 rings (SSSR count). The third kappa shape index (κ3) is 3.86. The summed E-state index contributed by atoms with van der Waals surface area (Å²) in [5.41, 5.74) is 4.08. The monoisotopic (exact) mass is 350 g/mol. The van der Waals surface area contributed by atoms with Gasteiger partial charge in [-0.15, -0.1) is 10.2 Å². The predicted octanol–water partition coefficient (Wildman–Crippen LogP) is 3.97. The first-order valence-corrected chi connectivity index (χ1v) is 9.75. The van der Waals surface area contributed by atoms with Crippen LogP contribution in [0, 0.1) is 20.8 Å². The molecule has 1 aromatic heterocycles. The summed E-state index contributed by atoms with van der Waals surface area (Å²) < 4.78 is 30.8. The topological polar surface area (TPSA) is 73.1 Å². The molecule has 0 radical (unpaired) electrons. The number of benzene rings is 1. The molecule has 1 aromatic carbocycles. The fraction of sp³-hybridized carbons (Fsp3) is 0.556. The fourth-order valence-corrected chi connectivity index (χ4v) is 4.12. The van der Waals surface area contributed by atoms with Gasteiger partial charge in [-0.05, 0) is 48.4 Å². The van der Waals surface area contributed by atoms with Gasteiger partial charge in [-0.25, -0.2) is 8.42 Å². The number of aryl methyl sites for hydroxylation is 3. The minimum absolute atomic E-state index is 0.0293. The van der Waals surface area contributed by atoms with Crippen molar-refractivity contribution in [2.45, 2.75) is 64.9 Å². The molecule has 0 aliphatic rings. The summed E-state index contributed by atoms with van der Waals surface area (Å²) in [6.07, 6.45) is 0. The molecule has 0 saturated heterocycles. The first kappa shape index (κ1) is 18.6. The van der Waals surface area contributed by atoms with E-state index in [9.17, 15) is 8.42 Å². The third-order valence-electron chi connectivity index (χ3n) is 4.34. The van der Waals surface area contributed by atoms with Gasteiger partial charge < -0.3 is 4.42 Å². The van der Waals surface area contributed by atoms with Crippen LogP contribution in [0.25, 0.3) is 0 Å². The van der Waals surface area contributed by atoms with E-state index in [4.69, 9.17) is 4.42 Å². The Kier molecular flexibility index (Phi) is 4.91. The number of sulfone groups is 1. The Morgan fingerprint density at radius 2 is 1.62 bits per heavy atom. The average molecular weight is 350 g/mol. The van der Waals surface area contributed by atoms with E-state index in [-0.39, 0.29) is 17.1 Å². The van der Waals surface area contributed by atoms with E-state index in [1.54, 1.807) is 13.8 Å². The van der Waals surface area contributed by atoms with E-state index >= 15 is 0 Å². The van der Waals surface area contributed by atoms with Crippen molar-refractivity contribution in [1.82, 2.24) is 10.2 Å². The van der Waals surface area contributed by atoms with Crippen LogP contribution in [0.3, 0.4) is 0 Å². The zero-order valence-corrected chi connectivity index (χ0v) is 16.3. The van der Waals surface area contributed by atoms with Gasteiger partial charge in [-0.3, -0.25) is 0 Å². The van der Waals surface area contributed by atoms with E-state index in [0.717, 1.165) is 16.7 Å². The number of hydrogen-bond donors (Lipinski definition) is 0. The molecule has 0 spiro atoms. The highest BCUT2D eigenvalue weighted by atomic mass is 32.2. The summed E-state index contributed by atoms with van der Waals surface area (Å²) in [6, 6.07) is 4.17. The molecule has 1 atom stereocenters. The van der Waals surface area contributed by atoms with Crippen molar-refractivity contribution in [3.05, 3.63) is 46.2 Å². The zero-order chi connectivity index (χ0) is 18.3. The summed E-state index contributed by atoms with van der Waals surface area (Å²) in [5.74, 6) is 0.487. The molecule has 0 aliphatic carbocycles. The summed E-state index contributed by atoms with van der Waals surface area (Å²) in [5, 5.41) is 6.75. The van der Waals surface area contributed by atoms with Crippen molar-refractivity contribution in [3.8, 4) is 0 Å². The van der Waals surface area contributed by atoms with E-state index in [1.807, 2.05) is 13.8 Å². The molecule has 0 bridgehead atoms. The van der Waals surface area contributed by atoms with Crippen LogP contribution in [0.1, 0.15) is 67.0 Å². The van der Waals surface area contributed by atoms with Crippen molar-refractivity contribution in [3.63, 3.8) is 0 Å². The zero-order valence-electron chi connectivity index (χ0n) is 15.5. The van der Waals surface area contributed by atoms with Crippen molar-refractivity contribution >= 4 is 9.84 Å². The average Bonchev–Trinajstić information content (AvgIpc) is 2.87. The highest BCUT2D eigenvalue weighted by molar-refractivity contribution is 7.90. The van der Waals surface area contributed by atoms with Gasteiger partial charge in [-0.1, -0.05) is 32.9 Å². The first-order chi connectivity index (χ1) is 10.9. The Labute approximate surface area is 144 Å². The normalized spacial score (nSPS) is 14.0. The third-order valence-corrected chi connectivity index (χ3v) is 6.31. The molecule has 0 aliphatic heterocycles. The Morgan fingerprint density at radius 3 is 2.04 bits per heavy atom. The van der Waals surface area contributed by atoms with Crippen molar-refractivity contribution in [2.75, 3.05) is 0 Å². The maximum atomic E-state index is 12.8. The Bertz CT molecular complexity index is 822. The summed E-state index contributed by atoms with van der Waals surface area (Å²) in [7, 11) is -3.44. The number of aromatic nitrogens is 2. The Morgan fingerprint density at radius 1 is 1.08 bits per heavy atom. The molecule has 24 heavy (non-hydrogen) atoms. The van der Waals surface area contributed by atoms with Gasteiger partial charge in [0.05, 0.1) is 5.75 Å². The lowest BCUT2D eigenvalue weighted by atomic mass is 9.84. The summed E-state index contributed by atoms with van der Waals surface area (Å²) in [6.45, 7) is 13.6. The summed E-state index contributed by atoms with van der Waals surface area (Å²) in [4.78, 5) is 0. The molecule has 5 nitrogen and oxygen atoms in total. The number of rotatable bonds is 4. The minimum atomic E-state index is -3.44. The van der Waals surface area contributed by atoms with Gasteiger partial charge in [0.2, 0.25) is 11.8 Å². The highest BCUT2D eigenvalue weighted by Gasteiger charge is 2.29. The van der Waals surface area contributed by atoms with Crippen LogP contribution in [0.2, 0.25) is 0 Å². The summed E-state index contributed by atoms with van der Waals surface area (Å²) >= 11 is 0. The second-order valence-electron chi connectivity index (χ2n) is 7.45. The highest BCUT2D eigenvalue weighted by Crippen LogP contribution is 2.30. The van der Waals surface area contributed by atoms with E-state index in [2.05, 4.69) is 43.1 Å². The van der Waals surface area contributed by atoms with Crippen LogP contribution in [-0.4, -0.2) is 18.6 Å². The first-order valence-electron chi connectivity index (χ1n) is 8.04. The molecule has 0 fully saturated rings. The smallest absolute Gasteiger partial charge is 0.234 e. The van der Waals surface area contributed by atoms with Crippen LogP contribution in [0.5, 0.6) is 0 Å². The second-order valence-corrected chi connectivity index (χ2v) is 9.77. The molecular formula is C18H26N2O3S. The largest absolute Gasteiger partial charge is 0.424 e. The molecule has 0 N–H and O–H groups in total. The predicted molar refractivity (Wildman–Crippen MR) is 94.7 cm³/mol. The Hall–Kier alpha value is -1.69. The van der Waals surface area contributed by atoms with Gasteiger partial charge in [-0.2, -0.15) is 0 Å². The molecular weight excluding hydrogens is 324 g/mol.